The Kier molecular flexibility index (Phi) is 9.45. The summed E-state index contributed by atoms with van der Waals surface area (Å²) in [5.41, 5.74) is 1.29. The molecular weight excluding hydrogens is 635 g/mol. The summed E-state index contributed by atoms with van der Waals surface area (Å²) in [5, 5.41) is 10.5. The molecule has 0 saturated carbocycles. The third-order valence-electron chi connectivity index (χ3n) is 9.40. The zero-order valence-corrected chi connectivity index (χ0v) is 28.9. The molecular formula is C38H44F3N3O5. The average molecular weight is 680 g/mol. The lowest BCUT2D eigenvalue weighted by atomic mass is 9.92. The van der Waals surface area contributed by atoms with Gasteiger partial charge in [0.05, 0.1) is 17.3 Å². The first-order valence-corrected chi connectivity index (χ1v) is 16.9. The minimum atomic E-state index is -1.38. The van der Waals surface area contributed by atoms with Crippen LogP contribution < -0.4 is 9.64 Å². The van der Waals surface area contributed by atoms with E-state index in [1.54, 1.807) is 58.0 Å². The van der Waals surface area contributed by atoms with Crippen molar-refractivity contribution in [3.8, 4) is 28.1 Å². The van der Waals surface area contributed by atoms with Crippen molar-refractivity contribution in [2.45, 2.75) is 97.1 Å². The molecule has 2 aromatic heterocycles. The number of carboxylic acid groups (broad SMARTS) is 1. The molecule has 1 N–H and O–H groups in total. The molecule has 4 aromatic rings. The van der Waals surface area contributed by atoms with Crippen LogP contribution in [0.3, 0.4) is 0 Å². The minimum Gasteiger partial charge on any atom is -0.490 e. The maximum absolute atomic E-state index is 17.0. The van der Waals surface area contributed by atoms with Crippen molar-refractivity contribution < 1.29 is 37.3 Å². The van der Waals surface area contributed by atoms with Gasteiger partial charge in [-0.2, -0.15) is 4.39 Å². The number of anilines is 1. The van der Waals surface area contributed by atoms with E-state index in [0.29, 0.717) is 78.2 Å². The summed E-state index contributed by atoms with van der Waals surface area (Å²) < 4.78 is 66.2. The van der Waals surface area contributed by atoms with Crippen molar-refractivity contribution in [2.75, 3.05) is 24.6 Å². The van der Waals surface area contributed by atoms with Gasteiger partial charge in [0, 0.05) is 42.5 Å². The van der Waals surface area contributed by atoms with Gasteiger partial charge in [0.2, 0.25) is 5.95 Å². The summed E-state index contributed by atoms with van der Waals surface area (Å²) in [7, 11) is 0. The van der Waals surface area contributed by atoms with Crippen LogP contribution in [0, 0.1) is 24.5 Å². The lowest BCUT2D eigenvalue weighted by Gasteiger charge is -2.41. The highest BCUT2D eigenvalue weighted by molar-refractivity contribution is 5.81. The van der Waals surface area contributed by atoms with E-state index in [1.165, 1.54) is 4.40 Å². The van der Waals surface area contributed by atoms with Gasteiger partial charge in [-0.25, -0.2) is 18.6 Å². The first kappa shape index (κ1) is 34.8. The van der Waals surface area contributed by atoms with Crippen LogP contribution >= 0.6 is 0 Å². The van der Waals surface area contributed by atoms with Crippen molar-refractivity contribution in [3.05, 3.63) is 71.2 Å². The molecule has 2 aromatic carbocycles. The second-order valence-corrected chi connectivity index (χ2v) is 14.5. The van der Waals surface area contributed by atoms with Crippen molar-refractivity contribution in [3.63, 3.8) is 0 Å². The number of pyridine rings is 1. The van der Waals surface area contributed by atoms with Crippen LogP contribution in [0.5, 0.6) is 5.75 Å². The molecule has 3 aliphatic heterocycles. The molecule has 8 nitrogen and oxygen atoms in total. The number of hydrogen-bond acceptors (Lipinski definition) is 6. The second kappa shape index (κ2) is 13.3. The van der Waals surface area contributed by atoms with Gasteiger partial charge in [-0.3, -0.25) is 4.40 Å². The Balaban J connectivity index is 1.58. The monoisotopic (exact) mass is 679 g/mol. The summed E-state index contributed by atoms with van der Waals surface area (Å²) in [6, 6.07) is 10.6. The van der Waals surface area contributed by atoms with Gasteiger partial charge in [-0.15, -0.1) is 0 Å². The summed E-state index contributed by atoms with van der Waals surface area (Å²) in [6.45, 7) is 12.6. The normalized spacial score (nSPS) is 21.0. The third-order valence-corrected chi connectivity index (χ3v) is 9.40. The first-order valence-electron chi connectivity index (χ1n) is 16.9. The lowest BCUT2D eigenvalue weighted by molar-refractivity contribution is -0.160. The van der Waals surface area contributed by atoms with Crippen molar-refractivity contribution in [2.24, 2.45) is 0 Å². The van der Waals surface area contributed by atoms with Gasteiger partial charge in [0.1, 0.15) is 22.9 Å². The molecule has 5 heterocycles. The number of aliphatic carboxylic acids is 1. The van der Waals surface area contributed by atoms with Crippen LogP contribution in [0.15, 0.2) is 42.5 Å². The maximum atomic E-state index is 17.0. The van der Waals surface area contributed by atoms with E-state index in [1.807, 2.05) is 11.8 Å². The Labute approximate surface area is 284 Å². The standard InChI is InChI=1S/C38H44F3N3O5/c1-22-18-30-42-32-25-12-9-11-24(19-25)26-20-27(39)28(40)21-29(26)48-23(2)10-7-8-17-47-38(6)13-15-43(16-14-38)35(44(30)34(32)41)31(22)33(36(45)46)49-37(3,4)5/h9,11-12,18-21,23,33H,7-8,10,13-17H2,1-6H3,(H,45,46)/t23-,33+/m1/s1. The number of aryl methyl sites for hydroxylation is 1. The van der Waals surface area contributed by atoms with E-state index in [-0.39, 0.29) is 17.5 Å². The Morgan fingerprint density at radius 3 is 2.45 bits per heavy atom. The van der Waals surface area contributed by atoms with Crippen LogP contribution in [0.2, 0.25) is 0 Å². The highest BCUT2D eigenvalue weighted by Crippen LogP contribution is 2.41. The van der Waals surface area contributed by atoms with Crippen LogP contribution in [0.25, 0.3) is 28.0 Å². The van der Waals surface area contributed by atoms with Crippen LogP contribution in [-0.4, -0.2) is 57.5 Å². The van der Waals surface area contributed by atoms with E-state index in [2.05, 4.69) is 6.92 Å². The summed E-state index contributed by atoms with van der Waals surface area (Å²) in [6.07, 6.45) is 1.91. The highest BCUT2D eigenvalue weighted by atomic mass is 19.2. The Morgan fingerprint density at radius 1 is 1.06 bits per heavy atom. The van der Waals surface area contributed by atoms with Gasteiger partial charge >= 0.3 is 5.97 Å². The van der Waals surface area contributed by atoms with Gasteiger partial charge in [0.15, 0.2) is 17.7 Å². The predicted molar refractivity (Wildman–Crippen MR) is 182 cm³/mol. The van der Waals surface area contributed by atoms with Gasteiger partial charge in [0.25, 0.3) is 0 Å². The summed E-state index contributed by atoms with van der Waals surface area (Å²) in [4.78, 5) is 19.5. The van der Waals surface area contributed by atoms with Gasteiger partial charge < -0.3 is 24.2 Å². The molecule has 7 rings (SSSR count). The topological polar surface area (TPSA) is 85.5 Å². The summed E-state index contributed by atoms with van der Waals surface area (Å²) >= 11 is 0. The Bertz CT molecular complexity index is 1880. The number of carbonyl (C=O) groups is 1. The van der Waals surface area contributed by atoms with Gasteiger partial charge in [-0.1, -0.05) is 18.2 Å². The van der Waals surface area contributed by atoms with Crippen LogP contribution in [0.1, 0.15) is 84.0 Å². The Hall–Kier alpha value is -4.09. The molecule has 1 fully saturated rings. The molecule has 0 unspecified atom stereocenters. The maximum Gasteiger partial charge on any atom is 0.337 e. The molecule has 0 spiro atoms. The number of ether oxygens (including phenoxy) is 3. The molecule has 1 saturated heterocycles. The van der Waals surface area contributed by atoms with Crippen LogP contribution in [-0.2, 0) is 14.3 Å². The zero-order valence-electron chi connectivity index (χ0n) is 28.9. The Morgan fingerprint density at radius 2 is 1.76 bits per heavy atom. The number of hydrogen-bond donors (Lipinski definition) is 1. The third kappa shape index (κ3) is 7.14. The van der Waals surface area contributed by atoms with E-state index in [4.69, 9.17) is 19.2 Å². The van der Waals surface area contributed by atoms with E-state index >= 15 is 4.39 Å². The van der Waals surface area contributed by atoms with Gasteiger partial charge in [-0.05, 0) is 103 Å². The quantitative estimate of drug-likeness (QED) is 0.232. The van der Waals surface area contributed by atoms with Crippen molar-refractivity contribution in [1.82, 2.24) is 9.38 Å². The van der Waals surface area contributed by atoms with Crippen LogP contribution in [0.4, 0.5) is 19.0 Å². The molecule has 49 heavy (non-hydrogen) atoms. The second-order valence-electron chi connectivity index (χ2n) is 14.5. The fourth-order valence-electron chi connectivity index (χ4n) is 6.84. The minimum absolute atomic E-state index is 0.0290. The molecule has 0 aliphatic carbocycles. The van der Waals surface area contributed by atoms with E-state index in [9.17, 15) is 18.7 Å². The van der Waals surface area contributed by atoms with Crippen molar-refractivity contribution >= 4 is 17.4 Å². The lowest BCUT2D eigenvalue weighted by Crippen LogP contribution is -2.45. The highest BCUT2D eigenvalue weighted by Gasteiger charge is 2.38. The SMILES string of the molecule is Cc1cc2nc3c(F)n2c(c1[C@H](OC(C)(C)C)C(=O)O)N1CCC(C)(CC1)OCCCC[C@@H](C)Oc1cc(F)c(F)cc1-c1cccc-3c1. The number of carboxylic acids is 1. The smallest absolute Gasteiger partial charge is 0.337 e. The molecule has 0 amide bonds. The molecule has 262 valence electrons. The largest absolute Gasteiger partial charge is 0.490 e. The zero-order chi connectivity index (χ0) is 35.2. The average Bonchev–Trinajstić information content (AvgIpc) is 3.35. The van der Waals surface area contributed by atoms with Crippen molar-refractivity contribution in [1.29, 1.82) is 0 Å². The number of imidazole rings is 1. The van der Waals surface area contributed by atoms with E-state index < -0.39 is 40.9 Å². The number of rotatable bonds is 3. The number of piperidine rings is 1. The van der Waals surface area contributed by atoms with E-state index in [0.717, 1.165) is 25.0 Å². The number of aromatic nitrogens is 2. The molecule has 2 atom stereocenters. The fraction of sp³-hybridized carbons (Fsp3) is 0.474. The first-order chi connectivity index (χ1) is 23.1. The number of benzene rings is 2. The molecule has 3 aliphatic rings. The number of nitrogens with zero attached hydrogens (tertiary/aromatic N) is 3. The molecule has 0 radical (unpaired) electrons. The number of fused-ring (bicyclic) bond motifs is 8. The summed E-state index contributed by atoms with van der Waals surface area (Å²) in [5.74, 6) is -3.36. The number of halogens is 3. The predicted octanol–water partition coefficient (Wildman–Crippen LogP) is 8.66. The fourth-order valence-corrected chi connectivity index (χ4v) is 6.84. The molecule has 6 bridgehead atoms. The molecule has 11 heteroatoms.